The highest BCUT2D eigenvalue weighted by Crippen LogP contribution is 2.15. The summed E-state index contributed by atoms with van der Waals surface area (Å²) in [6.45, 7) is 6.86. The van der Waals surface area contributed by atoms with E-state index in [1.165, 1.54) is 25.7 Å². The number of hydrogen-bond donors (Lipinski definition) is 0. The van der Waals surface area contributed by atoms with Crippen molar-refractivity contribution < 1.29 is 0 Å². The SMILES string of the molecule is CC(C)CCCC(C)CCCl.[MgH2]. The molecular weight excluding hydrogens is 180 g/mol. The van der Waals surface area contributed by atoms with E-state index in [1.807, 2.05) is 0 Å². The van der Waals surface area contributed by atoms with Crippen LogP contribution in [0, 0.1) is 11.8 Å². The molecule has 0 saturated heterocycles. The molecule has 0 aliphatic rings. The van der Waals surface area contributed by atoms with Crippen LogP contribution < -0.4 is 0 Å². The van der Waals surface area contributed by atoms with Crippen molar-refractivity contribution in [3.05, 3.63) is 0 Å². The summed E-state index contributed by atoms with van der Waals surface area (Å²) in [6.07, 6.45) is 5.27. The molecule has 0 heterocycles. The van der Waals surface area contributed by atoms with Crippen molar-refractivity contribution in [3.8, 4) is 0 Å². The van der Waals surface area contributed by atoms with Gasteiger partial charge in [-0.25, -0.2) is 0 Å². The van der Waals surface area contributed by atoms with E-state index >= 15 is 0 Å². The molecule has 0 nitrogen and oxygen atoms in total. The van der Waals surface area contributed by atoms with E-state index in [0.29, 0.717) is 0 Å². The zero-order valence-electron chi connectivity index (χ0n) is 8.07. The van der Waals surface area contributed by atoms with Crippen LogP contribution in [0.25, 0.3) is 0 Å². The maximum atomic E-state index is 5.64. The summed E-state index contributed by atoms with van der Waals surface area (Å²) in [5.74, 6) is 2.51. The summed E-state index contributed by atoms with van der Waals surface area (Å²) in [4.78, 5) is 0. The Hall–Kier alpha value is 1.06. The van der Waals surface area contributed by atoms with Crippen molar-refractivity contribution in [1.29, 1.82) is 0 Å². The number of rotatable bonds is 6. The van der Waals surface area contributed by atoms with Gasteiger partial charge in [0, 0.05) is 5.88 Å². The molecule has 0 rings (SSSR count). The lowest BCUT2D eigenvalue weighted by Gasteiger charge is -2.09. The van der Waals surface area contributed by atoms with Gasteiger partial charge in [-0.3, -0.25) is 0 Å². The monoisotopic (exact) mass is 202 g/mol. The predicted octanol–water partition coefficient (Wildman–Crippen LogP) is 3.16. The zero-order valence-corrected chi connectivity index (χ0v) is 8.82. The van der Waals surface area contributed by atoms with E-state index < -0.39 is 0 Å². The maximum Gasteiger partial charge on any atom is 0.316 e. The van der Waals surface area contributed by atoms with Crippen LogP contribution in [0.5, 0.6) is 0 Å². The van der Waals surface area contributed by atoms with Crippen molar-refractivity contribution in [2.24, 2.45) is 11.8 Å². The molecule has 0 aliphatic heterocycles. The van der Waals surface area contributed by atoms with Crippen LogP contribution >= 0.6 is 11.6 Å². The first-order chi connectivity index (χ1) is 5.16. The smallest absolute Gasteiger partial charge is 0.127 e. The Kier molecular flexibility index (Phi) is 13.1. The molecule has 0 N–H and O–H groups in total. The molecule has 0 aromatic heterocycles. The van der Waals surface area contributed by atoms with Gasteiger partial charge in [-0.15, -0.1) is 11.6 Å². The third kappa shape index (κ3) is 11.1. The molecule has 1 unspecified atom stereocenters. The van der Waals surface area contributed by atoms with Gasteiger partial charge in [0.2, 0.25) is 0 Å². The zero-order chi connectivity index (χ0) is 8.69. The summed E-state index contributed by atoms with van der Waals surface area (Å²) >= 11 is 5.64. The van der Waals surface area contributed by atoms with E-state index in [0.717, 1.165) is 17.7 Å². The minimum absolute atomic E-state index is 0. The minimum atomic E-state index is 0. The van der Waals surface area contributed by atoms with E-state index in [4.69, 9.17) is 11.6 Å². The van der Waals surface area contributed by atoms with Crippen LogP contribution in [0.15, 0.2) is 0 Å². The second-order valence-electron chi connectivity index (χ2n) is 3.91. The van der Waals surface area contributed by atoms with E-state index in [1.54, 1.807) is 0 Å². The molecule has 0 aromatic rings. The summed E-state index contributed by atoms with van der Waals surface area (Å²) in [7, 11) is 0. The van der Waals surface area contributed by atoms with Gasteiger partial charge in [-0.2, -0.15) is 0 Å². The van der Waals surface area contributed by atoms with E-state index in [9.17, 15) is 0 Å². The van der Waals surface area contributed by atoms with Crippen molar-refractivity contribution in [3.63, 3.8) is 0 Å². The third-order valence-corrected chi connectivity index (χ3v) is 2.30. The molecule has 72 valence electrons. The number of alkyl halides is 1. The molecule has 0 saturated carbocycles. The third-order valence-electron chi connectivity index (χ3n) is 2.08. The van der Waals surface area contributed by atoms with Crippen molar-refractivity contribution in [1.82, 2.24) is 0 Å². The summed E-state index contributed by atoms with van der Waals surface area (Å²) in [5, 5.41) is 0. The lowest BCUT2D eigenvalue weighted by atomic mass is 9.98. The summed E-state index contributed by atoms with van der Waals surface area (Å²) in [5.41, 5.74) is 0. The van der Waals surface area contributed by atoms with Gasteiger partial charge in [-0.05, 0) is 18.3 Å². The molecular formula is C10H23ClMg. The van der Waals surface area contributed by atoms with Crippen LogP contribution in [-0.4, -0.2) is 28.9 Å². The largest absolute Gasteiger partial charge is 0.316 e. The predicted molar refractivity (Wildman–Crippen MR) is 61.7 cm³/mol. The first-order valence-corrected chi connectivity index (χ1v) is 5.26. The second-order valence-corrected chi connectivity index (χ2v) is 4.29. The Labute approximate surface area is 98.6 Å². The topological polar surface area (TPSA) is 0 Å². The molecule has 1 atom stereocenters. The minimum Gasteiger partial charge on any atom is -0.127 e. The first-order valence-electron chi connectivity index (χ1n) is 4.72. The van der Waals surface area contributed by atoms with Crippen molar-refractivity contribution in [2.45, 2.75) is 46.5 Å². The Morgan fingerprint density at radius 2 is 1.58 bits per heavy atom. The highest BCUT2D eigenvalue weighted by Gasteiger charge is 2.01. The molecule has 0 bridgehead atoms. The fraction of sp³-hybridized carbons (Fsp3) is 1.00. The van der Waals surface area contributed by atoms with Gasteiger partial charge < -0.3 is 0 Å². The van der Waals surface area contributed by atoms with Crippen LogP contribution in [0.1, 0.15) is 46.5 Å². The Balaban J connectivity index is 0. The van der Waals surface area contributed by atoms with Gasteiger partial charge in [0.05, 0.1) is 0 Å². The highest BCUT2D eigenvalue weighted by molar-refractivity contribution is 6.17. The van der Waals surface area contributed by atoms with Crippen LogP contribution in [0.2, 0.25) is 0 Å². The van der Waals surface area contributed by atoms with E-state index in [2.05, 4.69) is 20.8 Å². The summed E-state index contributed by atoms with van der Waals surface area (Å²) < 4.78 is 0. The second kappa shape index (κ2) is 10.1. The molecule has 0 fully saturated rings. The van der Waals surface area contributed by atoms with Gasteiger partial charge in [0.25, 0.3) is 0 Å². The Morgan fingerprint density at radius 1 is 1.00 bits per heavy atom. The fourth-order valence-electron chi connectivity index (χ4n) is 1.21. The molecule has 0 aromatic carbocycles. The molecule has 0 amide bonds. The van der Waals surface area contributed by atoms with Gasteiger partial charge in [0.15, 0.2) is 0 Å². The average Bonchev–Trinajstić information content (AvgIpc) is 1.87. The fourth-order valence-corrected chi connectivity index (χ4v) is 1.58. The maximum absolute atomic E-state index is 5.64. The van der Waals surface area contributed by atoms with Crippen LogP contribution in [-0.2, 0) is 0 Å². The molecule has 12 heavy (non-hydrogen) atoms. The average molecular weight is 203 g/mol. The van der Waals surface area contributed by atoms with Gasteiger partial charge in [0.1, 0.15) is 0 Å². The van der Waals surface area contributed by atoms with Crippen LogP contribution in [0.3, 0.4) is 0 Å². The molecule has 0 spiro atoms. The quantitative estimate of drug-likeness (QED) is 0.459. The van der Waals surface area contributed by atoms with Crippen molar-refractivity contribution >= 4 is 34.7 Å². The highest BCUT2D eigenvalue weighted by atomic mass is 35.5. The van der Waals surface area contributed by atoms with Gasteiger partial charge in [-0.1, -0.05) is 40.0 Å². The molecule has 2 heteroatoms. The molecule has 0 radical (unpaired) electrons. The number of hydrogen-bond acceptors (Lipinski definition) is 0. The number of halogens is 1. The molecule has 0 aliphatic carbocycles. The Morgan fingerprint density at radius 3 is 2.00 bits per heavy atom. The van der Waals surface area contributed by atoms with Crippen LogP contribution in [0.4, 0.5) is 0 Å². The lowest BCUT2D eigenvalue weighted by Crippen LogP contribution is -1.97. The summed E-state index contributed by atoms with van der Waals surface area (Å²) in [6, 6.07) is 0. The van der Waals surface area contributed by atoms with Gasteiger partial charge >= 0.3 is 23.1 Å². The van der Waals surface area contributed by atoms with E-state index in [-0.39, 0.29) is 23.1 Å². The van der Waals surface area contributed by atoms with Crippen molar-refractivity contribution in [2.75, 3.05) is 5.88 Å². The normalized spacial score (nSPS) is 12.8. The Bertz CT molecular complexity index is 83.9. The lowest BCUT2D eigenvalue weighted by molar-refractivity contribution is 0.450. The standard InChI is InChI=1S/C10H21Cl.Mg.2H/c1-9(2)5-4-6-10(3)7-8-11;;;/h9-10H,4-8H2,1-3H3;;;. The first kappa shape index (κ1) is 15.5.